The Balaban J connectivity index is 1.82. The van der Waals surface area contributed by atoms with Crippen LogP contribution in [0.25, 0.3) is 0 Å². The minimum atomic E-state index is -0.650. The maximum absolute atomic E-state index is 12.6. The van der Waals surface area contributed by atoms with Crippen molar-refractivity contribution in [2.45, 2.75) is 6.61 Å². The number of benzene rings is 1. The lowest BCUT2D eigenvalue weighted by molar-refractivity contribution is 0.155. The van der Waals surface area contributed by atoms with Crippen LogP contribution in [0.5, 0.6) is 0 Å². The summed E-state index contributed by atoms with van der Waals surface area (Å²) >= 11 is 0.748. The number of carbonyl (C=O) groups is 1. The van der Waals surface area contributed by atoms with Crippen molar-refractivity contribution in [3.8, 4) is 0 Å². The summed E-state index contributed by atoms with van der Waals surface area (Å²) in [5.74, 6) is 0. The van der Waals surface area contributed by atoms with E-state index in [-0.39, 0.29) is 11.7 Å². The highest BCUT2D eigenvalue weighted by Gasteiger charge is 2.07. The third kappa shape index (κ3) is 3.53. The molecule has 0 bridgehead atoms. The maximum Gasteiger partial charge on any atom is 0.413 e. The van der Waals surface area contributed by atoms with Gasteiger partial charge in [-0.25, -0.2) is 9.78 Å². The van der Waals surface area contributed by atoms with Crippen LogP contribution in [0, 0.1) is 5.13 Å². The Labute approximate surface area is 101 Å². The van der Waals surface area contributed by atoms with Crippen molar-refractivity contribution in [1.29, 1.82) is 0 Å². The van der Waals surface area contributed by atoms with Gasteiger partial charge in [-0.15, -0.1) is 0 Å². The molecule has 2 aromatic rings. The molecule has 0 radical (unpaired) electrons. The summed E-state index contributed by atoms with van der Waals surface area (Å²) in [4.78, 5) is 14.9. The fourth-order valence-electron chi connectivity index (χ4n) is 1.16. The van der Waals surface area contributed by atoms with Gasteiger partial charge in [-0.2, -0.15) is 4.39 Å². The molecule has 0 saturated carbocycles. The molecule has 1 aromatic heterocycles. The van der Waals surface area contributed by atoms with Crippen LogP contribution in [0.2, 0.25) is 0 Å². The fraction of sp³-hybridized carbons (Fsp3) is 0.0909. The van der Waals surface area contributed by atoms with Crippen molar-refractivity contribution in [2.24, 2.45) is 0 Å². The highest BCUT2D eigenvalue weighted by atomic mass is 32.1. The third-order valence-corrected chi connectivity index (χ3v) is 2.60. The molecule has 0 unspecified atom stereocenters. The van der Waals surface area contributed by atoms with Crippen LogP contribution < -0.4 is 5.32 Å². The van der Waals surface area contributed by atoms with Gasteiger partial charge in [0.05, 0.1) is 6.20 Å². The molecule has 0 fully saturated rings. The number of rotatable bonds is 3. The predicted molar refractivity (Wildman–Crippen MR) is 62.3 cm³/mol. The average molecular weight is 252 g/mol. The van der Waals surface area contributed by atoms with E-state index < -0.39 is 11.2 Å². The standard InChI is InChI=1S/C11H9FN2O2S/c12-9-6-13-10(17-9)14-11(15)16-7-8-4-2-1-3-5-8/h1-6H,7H2,(H,13,14,15). The Morgan fingerprint density at radius 2 is 2.18 bits per heavy atom. The first-order valence-electron chi connectivity index (χ1n) is 4.83. The van der Waals surface area contributed by atoms with E-state index in [2.05, 4.69) is 10.3 Å². The summed E-state index contributed by atoms with van der Waals surface area (Å²) in [6.07, 6.45) is 0.389. The number of hydrogen-bond acceptors (Lipinski definition) is 4. The number of ether oxygens (including phenoxy) is 1. The quantitative estimate of drug-likeness (QED) is 0.913. The van der Waals surface area contributed by atoms with Gasteiger partial charge in [-0.05, 0) is 5.56 Å². The Morgan fingerprint density at radius 3 is 2.82 bits per heavy atom. The van der Waals surface area contributed by atoms with E-state index in [4.69, 9.17) is 4.74 Å². The summed E-state index contributed by atoms with van der Waals surface area (Å²) in [7, 11) is 0. The fourth-order valence-corrected chi connectivity index (χ4v) is 1.69. The molecule has 0 aliphatic carbocycles. The average Bonchev–Trinajstić information content (AvgIpc) is 2.73. The second-order valence-electron chi connectivity index (χ2n) is 3.16. The predicted octanol–water partition coefficient (Wildman–Crippen LogP) is 3.03. The normalized spacial score (nSPS) is 9.94. The van der Waals surface area contributed by atoms with Crippen LogP contribution in [-0.4, -0.2) is 11.1 Å². The first-order valence-corrected chi connectivity index (χ1v) is 5.65. The van der Waals surface area contributed by atoms with Gasteiger partial charge in [0.15, 0.2) is 10.3 Å². The van der Waals surface area contributed by atoms with Crippen LogP contribution in [0.3, 0.4) is 0 Å². The van der Waals surface area contributed by atoms with Gasteiger partial charge >= 0.3 is 6.09 Å². The van der Waals surface area contributed by atoms with Gasteiger partial charge in [0.1, 0.15) is 6.61 Å². The molecule has 4 nitrogen and oxygen atoms in total. The number of carbonyl (C=O) groups excluding carboxylic acids is 1. The second kappa shape index (κ2) is 5.40. The van der Waals surface area contributed by atoms with Crippen molar-refractivity contribution >= 4 is 22.6 Å². The number of aromatic nitrogens is 1. The minimum Gasteiger partial charge on any atom is -0.444 e. The summed E-state index contributed by atoms with van der Waals surface area (Å²) in [6.45, 7) is 0.167. The SMILES string of the molecule is O=C(Nc1ncc(F)s1)OCc1ccccc1. The molecule has 6 heteroatoms. The topological polar surface area (TPSA) is 51.2 Å². The molecule has 1 amide bonds. The molecule has 0 saturated heterocycles. The van der Waals surface area contributed by atoms with Gasteiger partial charge in [0, 0.05) is 0 Å². The van der Waals surface area contributed by atoms with Gasteiger partial charge in [-0.3, -0.25) is 5.32 Å². The number of nitrogens with zero attached hydrogens (tertiary/aromatic N) is 1. The van der Waals surface area contributed by atoms with E-state index in [1.54, 1.807) is 0 Å². The zero-order valence-electron chi connectivity index (χ0n) is 8.72. The van der Waals surface area contributed by atoms with E-state index in [1.807, 2.05) is 30.3 Å². The molecular weight excluding hydrogens is 243 g/mol. The highest BCUT2D eigenvalue weighted by Crippen LogP contribution is 2.16. The number of halogens is 1. The largest absolute Gasteiger partial charge is 0.444 e. The van der Waals surface area contributed by atoms with E-state index in [9.17, 15) is 9.18 Å². The lowest BCUT2D eigenvalue weighted by Gasteiger charge is -2.04. The maximum atomic E-state index is 12.6. The monoisotopic (exact) mass is 252 g/mol. The third-order valence-electron chi connectivity index (χ3n) is 1.90. The van der Waals surface area contributed by atoms with E-state index in [0.29, 0.717) is 0 Å². The highest BCUT2D eigenvalue weighted by molar-refractivity contribution is 7.14. The number of thiazole rings is 1. The van der Waals surface area contributed by atoms with Gasteiger partial charge < -0.3 is 4.74 Å². The number of amides is 1. The summed E-state index contributed by atoms with van der Waals surface area (Å²) < 4.78 is 17.5. The van der Waals surface area contributed by atoms with Crippen molar-refractivity contribution < 1.29 is 13.9 Å². The summed E-state index contributed by atoms with van der Waals surface area (Å²) in [6, 6.07) is 9.27. The lowest BCUT2D eigenvalue weighted by atomic mass is 10.2. The summed E-state index contributed by atoms with van der Waals surface area (Å²) in [5.41, 5.74) is 0.882. The second-order valence-corrected chi connectivity index (χ2v) is 4.14. The molecule has 17 heavy (non-hydrogen) atoms. The first-order chi connectivity index (χ1) is 8.24. The number of hydrogen-bond donors (Lipinski definition) is 1. The Bertz CT molecular complexity index is 501. The molecule has 0 spiro atoms. The van der Waals surface area contributed by atoms with E-state index >= 15 is 0 Å². The van der Waals surface area contributed by atoms with Gasteiger partial charge in [-0.1, -0.05) is 41.7 Å². The number of anilines is 1. The van der Waals surface area contributed by atoms with Crippen molar-refractivity contribution in [3.63, 3.8) is 0 Å². The van der Waals surface area contributed by atoms with Crippen molar-refractivity contribution in [2.75, 3.05) is 5.32 Å². The van der Waals surface area contributed by atoms with Crippen LogP contribution in [0.4, 0.5) is 14.3 Å². The molecule has 1 aromatic carbocycles. The lowest BCUT2D eigenvalue weighted by Crippen LogP contribution is -2.13. The zero-order valence-corrected chi connectivity index (χ0v) is 9.54. The Kier molecular flexibility index (Phi) is 3.66. The molecular formula is C11H9FN2O2S. The smallest absolute Gasteiger partial charge is 0.413 e. The van der Waals surface area contributed by atoms with Crippen LogP contribution in [0.1, 0.15) is 5.56 Å². The van der Waals surface area contributed by atoms with Crippen molar-refractivity contribution in [1.82, 2.24) is 4.98 Å². The van der Waals surface area contributed by atoms with Crippen LogP contribution >= 0.6 is 11.3 Å². The zero-order chi connectivity index (χ0) is 12.1. The van der Waals surface area contributed by atoms with Gasteiger partial charge in [0.25, 0.3) is 0 Å². The van der Waals surface area contributed by atoms with E-state index in [0.717, 1.165) is 23.1 Å². The first kappa shape index (κ1) is 11.5. The molecule has 0 aliphatic rings. The van der Waals surface area contributed by atoms with Crippen LogP contribution in [0.15, 0.2) is 36.5 Å². The molecule has 0 aliphatic heterocycles. The molecule has 2 rings (SSSR count). The van der Waals surface area contributed by atoms with Crippen molar-refractivity contribution in [3.05, 3.63) is 47.2 Å². The Morgan fingerprint density at radius 1 is 1.41 bits per heavy atom. The molecule has 0 atom stereocenters. The molecule has 1 N–H and O–H groups in total. The van der Waals surface area contributed by atoms with E-state index in [1.165, 1.54) is 0 Å². The van der Waals surface area contributed by atoms with Crippen LogP contribution in [-0.2, 0) is 11.3 Å². The minimum absolute atomic E-state index is 0.167. The molecule has 88 valence electrons. The van der Waals surface area contributed by atoms with Gasteiger partial charge in [0.2, 0.25) is 0 Å². The number of nitrogens with one attached hydrogen (secondary N) is 1. The molecule has 1 heterocycles. The summed E-state index contributed by atoms with van der Waals surface area (Å²) in [5, 5.41) is 2.07. The Hall–Kier alpha value is -1.95.